The summed E-state index contributed by atoms with van der Waals surface area (Å²) in [5, 5.41) is 0. The Bertz CT molecular complexity index is 319. The van der Waals surface area contributed by atoms with Gasteiger partial charge in [0.05, 0.1) is 0 Å². The maximum absolute atomic E-state index is 10.4. The van der Waals surface area contributed by atoms with Gasteiger partial charge in [-0.3, -0.25) is 4.55 Å². The van der Waals surface area contributed by atoms with Crippen molar-refractivity contribution in [3.63, 3.8) is 0 Å². The van der Waals surface area contributed by atoms with Crippen LogP contribution in [0.15, 0.2) is 30.3 Å². The summed E-state index contributed by atoms with van der Waals surface area (Å²) in [6.07, 6.45) is 0. The van der Waals surface area contributed by atoms with Gasteiger partial charge in [-0.05, 0) is 0 Å². The summed E-state index contributed by atoms with van der Waals surface area (Å²) < 4.78 is 29.2. The maximum Gasteiger partial charge on any atom is 0.341 e. The predicted molar refractivity (Wildman–Crippen MR) is 44.8 cm³/mol. The first-order valence-electron chi connectivity index (χ1n) is 3.07. The smallest absolute Gasteiger partial charge is 0.295 e. The van der Waals surface area contributed by atoms with Gasteiger partial charge in [-0.2, -0.15) is 0 Å². The Kier molecular flexibility index (Phi) is 2.31. The van der Waals surface area contributed by atoms with Crippen LogP contribution in [-0.4, -0.2) is 19.5 Å². The van der Waals surface area contributed by atoms with E-state index in [2.05, 4.69) is 0 Å². The fourth-order valence-corrected chi connectivity index (χ4v) is 1.40. The average molecular weight is 170 g/mol. The lowest BCUT2D eigenvalue weighted by molar-refractivity contribution is 0.501. The number of hydrogen-bond acceptors (Lipinski definition) is 2. The highest BCUT2D eigenvalue weighted by Gasteiger charge is 2.08. The van der Waals surface area contributed by atoms with E-state index in [9.17, 15) is 8.42 Å². The summed E-state index contributed by atoms with van der Waals surface area (Å²) >= 11 is 0. The molecule has 0 aliphatic rings. The Morgan fingerprint density at radius 1 is 1.18 bits per heavy atom. The van der Waals surface area contributed by atoms with E-state index in [1.54, 1.807) is 30.3 Å². The summed E-state index contributed by atoms with van der Waals surface area (Å²) in [4.78, 5) is 0. The largest absolute Gasteiger partial charge is 0.341 e. The quantitative estimate of drug-likeness (QED) is 0.483. The Labute approximate surface area is 65.9 Å². The van der Waals surface area contributed by atoms with Gasteiger partial charge in [0.15, 0.2) is 0 Å². The molecule has 5 heteroatoms. The zero-order chi connectivity index (χ0) is 8.32. The van der Waals surface area contributed by atoms with Crippen LogP contribution >= 0.6 is 0 Å². The van der Waals surface area contributed by atoms with Gasteiger partial charge < -0.3 is 0 Å². The van der Waals surface area contributed by atoms with Gasteiger partial charge in [0.25, 0.3) is 0 Å². The van der Waals surface area contributed by atoms with Crippen molar-refractivity contribution in [3.8, 4) is 0 Å². The lowest BCUT2D eigenvalue weighted by Crippen LogP contribution is -2.22. The molecule has 1 aromatic carbocycles. The highest BCUT2D eigenvalue weighted by atomic mass is 32.2. The standard InChI is InChI=1S/C6H7BO3S/c8-11(9,10)7-6-4-2-1-3-5-6/h1-5,7H,(H,8,9,10). The number of benzene rings is 1. The zero-order valence-electron chi connectivity index (χ0n) is 5.77. The predicted octanol–water partition coefficient (Wildman–Crippen LogP) is -0.449. The molecular weight excluding hydrogens is 163 g/mol. The van der Waals surface area contributed by atoms with Crippen molar-refractivity contribution in [2.24, 2.45) is 0 Å². The van der Waals surface area contributed by atoms with Gasteiger partial charge in [0.1, 0.15) is 0 Å². The minimum Gasteiger partial charge on any atom is -0.295 e. The van der Waals surface area contributed by atoms with E-state index in [-0.39, 0.29) is 6.56 Å². The van der Waals surface area contributed by atoms with Gasteiger partial charge >= 0.3 is 6.56 Å². The molecule has 1 aromatic rings. The molecule has 1 rings (SSSR count). The first-order valence-corrected chi connectivity index (χ1v) is 4.68. The van der Waals surface area contributed by atoms with Gasteiger partial charge in [0, 0.05) is 0 Å². The van der Waals surface area contributed by atoms with E-state index in [1.165, 1.54) is 0 Å². The van der Waals surface area contributed by atoms with Crippen LogP contribution in [0.4, 0.5) is 0 Å². The molecule has 0 amide bonds. The molecule has 1 N–H and O–H groups in total. The Hall–Kier alpha value is -0.805. The topological polar surface area (TPSA) is 54.4 Å². The molecule has 0 saturated heterocycles. The molecule has 0 saturated carbocycles. The number of hydrogen-bond donors (Lipinski definition) is 1. The Balaban J connectivity index is 2.82. The molecule has 0 unspecified atom stereocenters. The molecule has 11 heavy (non-hydrogen) atoms. The molecule has 0 spiro atoms. The van der Waals surface area contributed by atoms with Gasteiger partial charge in [-0.15, -0.1) is 0 Å². The third kappa shape index (κ3) is 3.20. The third-order valence-electron chi connectivity index (χ3n) is 1.19. The van der Waals surface area contributed by atoms with Crippen LogP contribution in [-0.2, 0) is 9.97 Å². The summed E-state index contributed by atoms with van der Waals surface area (Å²) in [6.45, 7) is -0.312. The molecule has 0 aliphatic carbocycles. The minimum absolute atomic E-state index is 0.312. The zero-order valence-corrected chi connectivity index (χ0v) is 6.58. The molecule has 0 radical (unpaired) electrons. The second kappa shape index (κ2) is 3.06. The van der Waals surface area contributed by atoms with E-state index in [4.69, 9.17) is 4.55 Å². The molecule has 58 valence electrons. The SMILES string of the molecule is O=S(=O)(O)Bc1ccccc1. The van der Waals surface area contributed by atoms with Crippen LogP contribution in [0.2, 0.25) is 0 Å². The van der Waals surface area contributed by atoms with E-state index in [0.29, 0.717) is 5.46 Å². The normalized spacial score (nSPS) is 11.0. The van der Waals surface area contributed by atoms with Gasteiger partial charge in [0.2, 0.25) is 9.97 Å². The second-order valence-electron chi connectivity index (χ2n) is 2.21. The molecule has 0 heterocycles. The summed E-state index contributed by atoms with van der Waals surface area (Å²) in [5.74, 6) is 0. The van der Waals surface area contributed by atoms with Crippen LogP contribution in [0, 0.1) is 0 Å². The molecule has 0 aliphatic heterocycles. The van der Waals surface area contributed by atoms with Crippen LogP contribution < -0.4 is 5.46 Å². The minimum atomic E-state index is -3.88. The molecule has 0 aromatic heterocycles. The van der Waals surface area contributed by atoms with Crippen molar-refractivity contribution < 1.29 is 13.0 Å². The van der Waals surface area contributed by atoms with E-state index >= 15 is 0 Å². The van der Waals surface area contributed by atoms with Crippen molar-refractivity contribution in [2.45, 2.75) is 0 Å². The summed E-state index contributed by atoms with van der Waals surface area (Å²) in [5.41, 5.74) is 0.593. The van der Waals surface area contributed by atoms with Gasteiger partial charge in [-0.1, -0.05) is 35.8 Å². The molecule has 3 nitrogen and oxygen atoms in total. The van der Waals surface area contributed by atoms with Crippen molar-refractivity contribution in [3.05, 3.63) is 30.3 Å². The van der Waals surface area contributed by atoms with Crippen molar-refractivity contribution >= 4 is 22.0 Å². The van der Waals surface area contributed by atoms with Crippen LogP contribution in [0.3, 0.4) is 0 Å². The van der Waals surface area contributed by atoms with Crippen LogP contribution in [0.25, 0.3) is 0 Å². The second-order valence-corrected chi connectivity index (χ2v) is 3.66. The first-order chi connectivity index (χ1) is 5.08. The molecule has 0 bridgehead atoms. The van der Waals surface area contributed by atoms with E-state index < -0.39 is 9.97 Å². The first kappa shape index (κ1) is 8.29. The third-order valence-corrected chi connectivity index (χ3v) is 1.89. The van der Waals surface area contributed by atoms with Crippen molar-refractivity contribution in [2.75, 3.05) is 0 Å². The highest BCUT2D eigenvalue weighted by molar-refractivity contribution is 8.12. The fourth-order valence-electron chi connectivity index (χ4n) is 0.785. The van der Waals surface area contributed by atoms with E-state index in [1.807, 2.05) is 0 Å². The Morgan fingerprint density at radius 3 is 2.18 bits per heavy atom. The summed E-state index contributed by atoms with van der Waals surface area (Å²) in [7, 11) is -3.88. The highest BCUT2D eigenvalue weighted by Crippen LogP contribution is 1.84. The average Bonchev–Trinajstić information content (AvgIpc) is 1.85. The molecule has 0 atom stereocenters. The molecule has 0 fully saturated rings. The monoisotopic (exact) mass is 170 g/mol. The molecular formula is C6H7BO3S. The van der Waals surface area contributed by atoms with E-state index in [0.717, 1.165) is 0 Å². The lowest BCUT2D eigenvalue weighted by Gasteiger charge is -1.93. The fraction of sp³-hybridized carbons (Fsp3) is 0. The van der Waals surface area contributed by atoms with Crippen LogP contribution in [0.1, 0.15) is 0 Å². The maximum atomic E-state index is 10.4. The van der Waals surface area contributed by atoms with Crippen LogP contribution in [0.5, 0.6) is 0 Å². The van der Waals surface area contributed by atoms with Crippen molar-refractivity contribution in [1.29, 1.82) is 0 Å². The lowest BCUT2D eigenvalue weighted by atomic mass is 9.95. The van der Waals surface area contributed by atoms with Crippen molar-refractivity contribution in [1.82, 2.24) is 0 Å². The Morgan fingerprint density at radius 2 is 1.73 bits per heavy atom. The van der Waals surface area contributed by atoms with Gasteiger partial charge in [-0.25, -0.2) is 8.42 Å². The summed E-state index contributed by atoms with van der Waals surface area (Å²) in [6, 6.07) is 8.52. The number of rotatable bonds is 2.